The number of sulfonamides is 1. The summed E-state index contributed by atoms with van der Waals surface area (Å²) in [7, 11) is -4.15. The van der Waals surface area contributed by atoms with Crippen molar-refractivity contribution < 1.29 is 22.7 Å². The highest BCUT2D eigenvalue weighted by atomic mass is 79.9. The van der Waals surface area contributed by atoms with Crippen LogP contribution in [0.3, 0.4) is 0 Å². The average Bonchev–Trinajstić information content (AvgIpc) is 2.93. The van der Waals surface area contributed by atoms with Crippen LogP contribution in [0.4, 0.5) is 5.69 Å². The van der Waals surface area contributed by atoms with Gasteiger partial charge >= 0.3 is 0 Å². The maximum Gasteiger partial charge on any atom is 0.264 e. The van der Waals surface area contributed by atoms with Gasteiger partial charge in [-0.2, -0.15) is 0 Å². The van der Waals surface area contributed by atoms with Crippen molar-refractivity contribution in [3.05, 3.63) is 88.4 Å². The molecule has 0 aliphatic rings. The summed E-state index contributed by atoms with van der Waals surface area (Å²) in [5.41, 5.74) is 2.21. The number of nitrogens with zero attached hydrogens (tertiary/aromatic N) is 2. The second-order valence-corrected chi connectivity index (χ2v) is 12.8. The summed E-state index contributed by atoms with van der Waals surface area (Å²) in [5, 5.41) is 2.91. The molecule has 8 nitrogen and oxygen atoms in total. The summed E-state index contributed by atoms with van der Waals surface area (Å²) in [6.07, 6.45) is 0.360. The zero-order chi connectivity index (χ0) is 30.2. The van der Waals surface area contributed by atoms with Crippen LogP contribution in [-0.2, 0) is 26.2 Å². The van der Waals surface area contributed by atoms with Crippen molar-refractivity contribution in [3.8, 4) is 5.75 Å². The Morgan fingerprint density at radius 3 is 2.07 bits per heavy atom. The van der Waals surface area contributed by atoms with E-state index in [1.54, 1.807) is 36.4 Å². The number of amides is 2. The predicted octanol–water partition coefficient (Wildman–Crippen LogP) is 5.68. The molecule has 41 heavy (non-hydrogen) atoms. The smallest absolute Gasteiger partial charge is 0.264 e. The molecule has 0 heterocycles. The quantitative estimate of drug-likeness (QED) is 0.258. The first kappa shape index (κ1) is 32.1. The number of benzene rings is 3. The summed E-state index contributed by atoms with van der Waals surface area (Å²) in [6, 6.07) is 19.6. The second-order valence-electron chi connectivity index (χ2n) is 9.99. The van der Waals surface area contributed by atoms with Crippen molar-refractivity contribution in [1.82, 2.24) is 10.2 Å². The number of ether oxygens (including phenoxy) is 1. The maximum absolute atomic E-state index is 14.1. The van der Waals surface area contributed by atoms with Gasteiger partial charge in [0, 0.05) is 17.1 Å². The maximum atomic E-state index is 14.1. The molecule has 0 spiro atoms. The van der Waals surface area contributed by atoms with E-state index < -0.39 is 28.5 Å². The molecule has 1 atom stereocenters. The first-order valence-corrected chi connectivity index (χ1v) is 15.9. The Morgan fingerprint density at radius 1 is 0.927 bits per heavy atom. The van der Waals surface area contributed by atoms with Crippen LogP contribution in [0.1, 0.15) is 45.2 Å². The van der Waals surface area contributed by atoms with Gasteiger partial charge in [0.2, 0.25) is 11.8 Å². The van der Waals surface area contributed by atoms with E-state index >= 15 is 0 Å². The van der Waals surface area contributed by atoms with Crippen LogP contribution in [0.2, 0.25) is 0 Å². The molecule has 3 rings (SSSR count). The van der Waals surface area contributed by atoms with Crippen molar-refractivity contribution in [1.29, 1.82) is 0 Å². The van der Waals surface area contributed by atoms with E-state index in [9.17, 15) is 18.0 Å². The number of hydrogen-bond acceptors (Lipinski definition) is 5. The van der Waals surface area contributed by atoms with Gasteiger partial charge < -0.3 is 15.0 Å². The Labute approximate surface area is 251 Å². The third kappa shape index (κ3) is 8.56. The van der Waals surface area contributed by atoms with E-state index in [-0.39, 0.29) is 23.4 Å². The van der Waals surface area contributed by atoms with Crippen LogP contribution in [0.15, 0.2) is 82.2 Å². The fraction of sp³-hybridized carbons (Fsp3) is 0.355. The summed E-state index contributed by atoms with van der Waals surface area (Å²) in [5.74, 6) is -0.196. The molecule has 0 unspecified atom stereocenters. The Morgan fingerprint density at radius 2 is 1.54 bits per heavy atom. The van der Waals surface area contributed by atoms with Gasteiger partial charge in [-0.1, -0.05) is 52.7 Å². The molecule has 10 heteroatoms. The molecule has 220 valence electrons. The van der Waals surface area contributed by atoms with Crippen molar-refractivity contribution >= 4 is 43.5 Å². The lowest BCUT2D eigenvalue weighted by atomic mass is 10.1. The van der Waals surface area contributed by atoms with E-state index in [1.807, 2.05) is 58.9 Å². The Balaban J connectivity index is 2.06. The van der Waals surface area contributed by atoms with E-state index in [0.717, 1.165) is 19.9 Å². The number of anilines is 1. The molecule has 3 aromatic rings. The van der Waals surface area contributed by atoms with Gasteiger partial charge in [-0.15, -0.1) is 0 Å². The van der Waals surface area contributed by atoms with Gasteiger partial charge in [0.05, 0.1) is 17.2 Å². The van der Waals surface area contributed by atoms with E-state index in [2.05, 4.69) is 21.2 Å². The molecule has 0 aliphatic carbocycles. The fourth-order valence-corrected chi connectivity index (χ4v) is 6.01. The number of nitrogens with one attached hydrogen (secondary N) is 1. The summed E-state index contributed by atoms with van der Waals surface area (Å²) in [4.78, 5) is 28.8. The van der Waals surface area contributed by atoms with Crippen molar-refractivity contribution in [2.75, 3.05) is 17.5 Å². The molecule has 0 fully saturated rings. The minimum Gasteiger partial charge on any atom is -0.494 e. The van der Waals surface area contributed by atoms with E-state index in [1.165, 1.54) is 17.0 Å². The lowest BCUT2D eigenvalue weighted by Crippen LogP contribution is -2.53. The molecule has 0 aliphatic heterocycles. The average molecular weight is 645 g/mol. The second kappa shape index (κ2) is 14.5. The van der Waals surface area contributed by atoms with Gasteiger partial charge in [-0.05, 0) is 88.2 Å². The van der Waals surface area contributed by atoms with Gasteiger partial charge in [0.15, 0.2) is 0 Å². The lowest BCUT2D eigenvalue weighted by molar-refractivity contribution is -0.140. The SMILES string of the molecule is CCOc1ccc(N(CC(=O)N(Cc2ccc(C)cc2)[C@@H](CC)C(=O)NC(C)C)S(=O)(=O)c2ccc(Br)cc2)cc1. The molecule has 0 saturated carbocycles. The molecule has 0 bridgehead atoms. The number of aryl methyl sites for hydroxylation is 1. The van der Waals surface area contributed by atoms with Crippen LogP contribution in [0.25, 0.3) is 0 Å². The van der Waals surface area contributed by atoms with Crippen molar-refractivity contribution in [3.63, 3.8) is 0 Å². The molecule has 0 saturated heterocycles. The largest absolute Gasteiger partial charge is 0.494 e. The highest BCUT2D eigenvalue weighted by molar-refractivity contribution is 9.10. The van der Waals surface area contributed by atoms with Gasteiger partial charge in [-0.3, -0.25) is 13.9 Å². The highest BCUT2D eigenvalue weighted by Crippen LogP contribution is 2.27. The molecule has 0 aromatic heterocycles. The first-order valence-electron chi connectivity index (χ1n) is 13.6. The fourth-order valence-electron chi connectivity index (χ4n) is 4.33. The minimum absolute atomic E-state index is 0.0389. The molecule has 2 amide bonds. The van der Waals surface area contributed by atoms with E-state index in [0.29, 0.717) is 24.5 Å². The molecule has 1 N–H and O–H groups in total. The molecule has 0 radical (unpaired) electrons. The van der Waals surface area contributed by atoms with Gasteiger partial charge in [0.1, 0.15) is 18.3 Å². The predicted molar refractivity (Wildman–Crippen MR) is 165 cm³/mol. The van der Waals surface area contributed by atoms with Crippen LogP contribution >= 0.6 is 15.9 Å². The normalized spacial score (nSPS) is 12.1. The number of halogens is 1. The Kier molecular flexibility index (Phi) is 11.4. The third-order valence-corrected chi connectivity index (χ3v) is 8.72. The van der Waals surface area contributed by atoms with Gasteiger partial charge in [0.25, 0.3) is 10.0 Å². The zero-order valence-electron chi connectivity index (χ0n) is 24.1. The third-order valence-electron chi connectivity index (χ3n) is 6.41. The number of rotatable bonds is 13. The molecular weight excluding hydrogens is 606 g/mol. The van der Waals surface area contributed by atoms with Crippen molar-refractivity contribution in [2.24, 2.45) is 0 Å². The lowest BCUT2D eigenvalue weighted by Gasteiger charge is -2.33. The summed E-state index contributed by atoms with van der Waals surface area (Å²) in [6.45, 7) is 9.50. The Hall–Kier alpha value is -3.37. The molecular formula is C31H38BrN3O5S. The first-order chi connectivity index (χ1) is 19.5. The van der Waals surface area contributed by atoms with Crippen LogP contribution in [0, 0.1) is 6.92 Å². The summed E-state index contributed by atoms with van der Waals surface area (Å²) >= 11 is 3.35. The highest BCUT2D eigenvalue weighted by Gasteiger charge is 2.33. The monoisotopic (exact) mass is 643 g/mol. The van der Waals surface area contributed by atoms with Gasteiger partial charge in [-0.25, -0.2) is 8.42 Å². The van der Waals surface area contributed by atoms with Crippen LogP contribution < -0.4 is 14.4 Å². The number of carbonyl (C=O) groups excluding carboxylic acids is 2. The summed E-state index contributed by atoms with van der Waals surface area (Å²) < 4.78 is 35.3. The molecule has 3 aromatic carbocycles. The van der Waals surface area contributed by atoms with Crippen LogP contribution in [-0.4, -0.2) is 50.4 Å². The zero-order valence-corrected chi connectivity index (χ0v) is 26.5. The van der Waals surface area contributed by atoms with Crippen LogP contribution in [0.5, 0.6) is 5.75 Å². The van der Waals surface area contributed by atoms with Crippen molar-refractivity contribution in [2.45, 2.75) is 64.6 Å². The number of hydrogen-bond donors (Lipinski definition) is 1. The Bertz CT molecular complexity index is 1410. The minimum atomic E-state index is -4.15. The topological polar surface area (TPSA) is 96.0 Å². The number of carbonyl (C=O) groups is 2. The van der Waals surface area contributed by atoms with E-state index in [4.69, 9.17) is 4.74 Å². The standard InChI is InChI=1S/C31H38BrN3O5S/c1-6-29(31(37)33-22(3)4)34(20-24-10-8-23(5)9-11-24)30(36)21-35(26-14-16-27(17-15-26)40-7-2)41(38,39)28-18-12-25(32)13-19-28/h8-19,22,29H,6-7,20-21H2,1-5H3,(H,33,37)/t29-/m0/s1.